The molecule has 0 spiro atoms. The highest BCUT2D eigenvalue weighted by Gasteiger charge is 2.43. The zero-order valence-corrected chi connectivity index (χ0v) is 6.41. The van der Waals surface area contributed by atoms with E-state index in [0.29, 0.717) is 13.0 Å². The van der Waals surface area contributed by atoms with Gasteiger partial charge in [-0.05, 0) is 26.3 Å². The summed E-state index contributed by atoms with van der Waals surface area (Å²) in [6.45, 7) is 2.31. The van der Waals surface area contributed by atoms with Crippen LogP contribution < -0.4 is 5.32 Å². The first kappa shape index (κ1) is 8.84. The molecule has 4 heteroatoms. The van der Waals surface area contributed by atoms with Crippen LogP contribution in [0.1, 0.15) is 19.8 Å². The smallest absolute Gasteiger partial charge is 0.314 e. The second kappa shape index (κ2) is 3.01. The van der Waals surface area contributed by atoms with Crippen molar-refractivity contribution >= 4 is 0 Å². The summed E-state index contributed by atoms with van der Waals surface area (Å²) in [7, 11) is 0. The summed E-state index contributed by atoms with van der Waals surface area (Å²) in [6, 6.07) is -0.413. The number of nitrogens with one attached hydrogen (secondary N) is 1. The molecule has 0 aromatic heterocycles. The minimum atomic E-state index is -4.02. The van der Waals surface area contributed by atoms with Crippen LogP contribution in [0.5, 0.6) is 0 Å². The molecule has 66 valence electrons. The molecule has 1 heterocycles. The van der Waals surface area contributed by atoms with Crippen molar-refractivity contribution in [1.29, 1.82) is 0 Å². The maximum Gasteiger partial charge on any atom is 0.393 e. The molecule has 1 rings (SSSR count). The molecule has 0 saturated carbocycles. The van der Waals surface area contributed by atoms with Crippen LogP contribution >= 0.6 is 0 Å². The Morgan fingerprint density at radius 3 is 2.36 bits per heavy atom. The highest BCUT2D eigenvalue weighted by Crippen LogP contribution is 2.33. The Morgan fingerprint density at radius 1 is 1.36 bits per heavy atom. The third kappa shape index (κ3) is 2.09. The summed E-state index contributed by atoms with van der Waals surface area (Å²) in [6.07, 6.45) is -3.11. The first-order valence-corrected chi connectivity index (χ1v) is 3.82. The average molecular weight is 167 g/mol. The zero-order chi connectivity index (χ0) is 8.48. The average Bonchev–Trinajstić information content (AvgIpc) is 1.86. The third-order valence-electron chi connectivity index (χ3n) is 2.18. The van der Waals surface area contributed by atoms with Crippen molar-refractivity contribution in [2.45, 2.75) is 32.0 Å². The number of hydrogen-bond acceptors (Lipinski definition) is 1. The maximum absolute atomic E-state index is 12.2. The van der Waals surface area contributed by atoms with E-state index in [1.54, 1.807) is 6.92 Å². The Morgan fingerprint density at radius 2 is 2.00 bits per heavy atom. The van der Waals surface area contributed by atoms with Gasteiger partial charge in [0.25, 0.3) is 0 Å². The summed E-state index contributed by atoms with van der Waals surface area (Å²) in [4.78, 5) is 0. The highest BCUT2D eigenvalue weighted by atomic mass is 19.4. The standard InChI is InChI=1S/C7H12F3N/c1-5-6(7(8,9)10)3-2-4-11-5/h5-6,11H,2-4H2,1H3. The SMILES string of the molecule is CC1NCCCC1C(F)(F)F. The van der Waals surface area contributed by atoms with Crippen molar-refractivity contribution in [2.75, 3.05) is 6.54 Å². The van der Waals surface area contributed by atoms with Gasteiger partial charge in [-0.3, -0.25) is 0 Å². The second-order valence-electron chi connectivity index (χ2n) is 3.03. The van der Waals surface area contributed by atoms with Crippen molar-refractivity contribution in [3.8, 4) is 0 Å². The molecule has 0 aromatic carbocycles. The number of piperidine rings is 1. The first-order valence-electron chi connectivity index (χ1n) is 3.82. The van der Waals surface area contributed by atoms with E-state index in [9.17, 15) is 13.2 Å². The fourth-order valence-corrected chi connectivity index (χ4v) is 1.49. The van der Waals surface area contributed by atoms with Crippen LogP contribution in [0.25, 0.3) is 0 Å². The molecule has 11 heavy (non-hydrogen) atoms. The van der Waals surface area contributed by atoms with Gasteiger partial charge in [0, 0.05) is 6.04 Å². The van der Waals surface area contributed by atoms with Gasteiger partial charge in [-0.25, -0.2) is 0 Å². The van der Waals surface area contributed by atoms with E-state index in [0.717, 1.165) is 0 Å². The van der Waals surface area contributed by atoms with Crippen LogP contribution in [-0.2, 0) is 0 Å². The van der Waals surface area contributed by atoms with Gasteiger partial charge >= 0.3 is 6.18 Å². The van der Waals surface area contributed by atoms with E-state index in [1.807, 2.05) is 0 Å². The van der Waals surface area contributed by atoms with Crippen molar-refractivity contribution in [3.63, 3.8) is 0 Å². The number of halogens is 3. The lowest BCUT2D eigenvalue weighted by atomic mass is 9.92. The summed E-state index contributed by atoms with van der Waals surface area (Å²) in [5.41, 5.74) is 0. The fourth-order valence-electron chi connectivity index (χ4n) is 1.49. The highest BCUT2D eigenvalue weighted by molar-refractivity contribution is 4.82. The van der Waals surface area contributed by atoms with Gasteiger partial charge in [-0.2, -0.15) is 13.2 Å². The molecule has 1 fully saturated rings. The van der Waals surface area contributed by atoms with Crippen LogP contribution in [-0.4, -0.2) is 18.8 Å². The zero-order valence-electron chi connectivity index (χ0n) is 6.41. The molecule has 1 saturated heterocycles. The summed E-state index contributed by atoms with van der Waals surface area (Å²) >= 11 is 0. The fraction of sp³-hybridized carbons (Fsp3) is 1.00. The van der Waals surface area contributed by atoms with Gasteiger partial charge in [-0.15, -0.1) is 0 Å². The minimum absolute atomic E-state index is 0.275. The topological polar surface area (TPSA) is 12.0 Å². The Kier molecular flexibility index (Phi) is 2.42. The molecule has 2 atom stereocenters. The molecule has 0 aliphatic carbocycles. The maximum atomic E-state index is 12.2. The Balaban J connectivity index is 2.55. The number of alkyl halides is 3. The predicted octanol–water partition coefficient (Wildman–Crippen LogP) is 1.94. The summed E-state index contributed by atoms with van der Waals surface area (Å²) < 4.78 is 36.5. The van der Waals surface area contributed by atoms with E-state index in [2.05, 4.69) is 5.32 Å². The van der Waals surface area contributed by atoms with Crippen LogP contribution in [0.3, 0.4) is 0 Å². The van der Waals surface area contributed by atoms with E-state index in [1.165, 1.54) is 0 Å². The van der Waals surface area contributed by atoms with Gasteiger partial charge in [-0.1, -0.05) is 0 Å². The molecule has 1 aliphatic heterocycles. The molecule has 1 nitrogen and oxygen atoms in total. The quantitative estimate of drug-likeness (QED) is 0.581. The van der Waals surface area contributed by atoms with E-state index in [4.69, 9.17) is 0 Å². The number of hydrogen-bond donors (Lipinski definition) is 1. The lowest BCUT2D eigenvalue weighted by molar-refractivity contribution is -0.186. The van der Waals surface area contributed by atoms with Gasteiger partial charge in [0.15, 0.2) is 0 Å². The van der Waals surface area contributed by atoms with Gasteiger partial charge in [0.1, 0.15) is 0 Å². The van der Waals surface area contributed by atoms with Crippen LogP contribution in [0.15, 0.2) is 0 Å². The van der Waals surface area contributed by atoms with E-state index < -0.39 is 18.1 Å². The Bertz CT molecular complexity index is 132. The predicted molar refractivity (Wildman–Crippen MR) is 36.2 cm³/mol. The second-order valence-corrected chi connectivity index (χ2v) is 3.03. The molecule has 2 unspecified atom stereocenters. The van der Waals surface area contributed by atoms with E-state index >= 15 is 0 Å². The molecule has 0 amide bonds. The lowest BCUT2D eigenvalue weighted by Gasteiger charge is -2.31. The third-order valence-corrected chi connectivity index (χ3v) is 2.18. The van der Waals surface area contributed by atoms with Crippen molar-refractivity contribution in [2.24, 2.45) is 5.92 Å². The number of rotatable bonds is 0. The first-order chi connectivity index (χ1) is 5.02. The molecule has 0 bridgehead atoms. The van der Waals surface area contributed by atoms with Gasteiger partial charge < -0.3 is 5.32 Å². The van der Waals surface area contributed by atoms with Gasteiger partial charge in [0.05, 0.1) is 5.92 Å². The normalized spacial score (nSPS) is 33.8. The minimum Gasteiger partial charge on any atom is -0.314 e. The van der Waals surface area contributed by atoms with E-state index in [-0.39, 0.29) is 6.42 Å². The summed E-state index contributed by atoms with van der Waals surface area (Å²) in [5.74, 6) is -1.14. The van der Waals surface area contributed by atoms with Crippen molar-refractivity contribution in [1.82, 2.24) is 5.32 Å². The molecule has 0 radical (unpaired) electrons. The Labute approximate surface area is 64.0 Å². The molecule has 1 N–H and O–H groups in total. The van der Waals surface area contributed by atoms with Crippen LogP contribution in [0.2, 0.25) is 0 Å². The lowest BCUT2D eigenvalue weighted by Crippen LogP contribution is -2.45. The summed E-state index contributed by atoms with van der Waals surface area (Å²) in [5, 5.41) is 2.82. The van der Waals surface area contributed by atoms with Crippen molar-refractivity contribution < 1.29 is 13.2 Å². The molecule has 0 aromatic rings. The van der Waals surface area contributed by atoms with Gasteiger partial charge in [0.2, 0.25) is 0 Å². The largest absolute Gasteiger partial charge is 0.393 e. The molecule has 1 aliphatic rings. The Hall–Kier alpha value is -0.250. The van der Waals surface area contributed by atoms with Crippen molar-refractivity contribution in [3.05, 3.63) is 0 Å². The monoisotopic (exact) mass is 167 g/mol. The molecular weight excluding hydrogens is 155 g/mol. The molecular formula is C7H12F3N. The van der Waals surface area contributed by atoms with Crippen LogP contribution in [0, 0.1) is 5.92 Å². The van der Waals surface area contributed by atoms with Crippen LogP contribution in [0.4, 0.5) is 13.2 Å².